The predicted octanol–water partition coefficient (Wildman–Crippen LogP) is 2.13. The minimum Gasteiger partial charge on any atom is -0.449 e. The molecule has 7 heteroatoms. The fourth-order valence-corrected chi connectivity index (χ4v) is 2.64. The standard InChI is InChI=1S/C17H20N4O3/c1-2-3-10-24-17(23)21-9-6-13-14(11-21)19-15(20-16(13)22)12-4-7-18-8-5-12/h4-5,7-8H,2-3,6,9-11H2,1H3,(H,19,20,22). The number of aromatic nitrogens is 3. The SMILES string of the molecule is CCCCOC(=O)N1CCc2c(nc(-c3ccncc3)[nH]c2=O)C1. The van der Waals surface area contributed by atoms with Crippen LogP contribution in [0.5, 0.6) is 0 Å². The second-order valence-electron chi connectivity index (χ2n) is 5.72. The molecule has 0 aliphatic carbocycles. The molecule has 0 radical (unpaired) electrons. The van der Waals surface area contributed by atoms with Gasteiger partial charge in [0.2, 0.25) is 0 Å². The van der Waals surface area contributed by atoms with Crippen LogP contribution in [0, 0.1) is 0 Å². The summed E-state index contributed by atoms with van der Waals surface area (Å²) in [7, 11) is 0. The number of hydrogen-bond donors (Lipinski definition) is 1. The van der Waals surface area contributed by atoms with Crippen LogP contribution in [0.15, 0.2) is 29.3 Å². The summed E-state index contributed by atoms with van der Waals surface area (Å²) < 4.78 is 5.25. The molecule has 0 bridgehead atoms. The van der Waals surface area contributed by atoms with Crippen LogP contribution in [-0.2, 0) is 17.7 Å². The molecule has 126 valence electrons. The van der Waals surface area contributed by atoms with Gasteiger partial charge in [-0.15, -0.1) is 0 Å². The van der Waals surface area contributed by atoms with E-state index in [0.29, 0.717) is 43.2 Å². The van der Waals surface area contributed by atoms with Crippen LogP contribution in [0.25, 0.3) is 11.4 Å². The number of nitrogens with one attached hydrogen (secondary N) is 1. The van der Waals surface area contributed by atoms with E-state index in [4.69, 9.17) is 4.74 Å². The number of fused-ring (bicyclic) bond motifs is 1. The van der Waals surface area contributed by atoms with Gasteiger partial charge in [0.15, 0.2) is 0 Å². The number of carbonyl (C=O) groups excluding carboxylic acids is 1. The van der Waals surface area contributed by atoms with Crippen molar-refractivity contribution >= 4 is 6.09 Å². The van der Waals surface area contributed by atoms with Crippen LogP contribution in [-0.4, -0.2) is 39.1 Å². The van der Waals surface area contributed by atoms with Crippen molar-refractivity contribution < 1.29 is 9.53 Å². The minimum absolute atomic E-state index is 0.147. The second kappa shape index (κ2) is 7.25. The van der Waals surface area contributed by atoms with Crippen molar-refractivity contribution in [3.63, 3.8) is 0 Å². The molecule has 0 saturated heterocycles. The van der Waals surface area contributed by atoms with Gasteiger partial charge in [0.1, 0.15) is 5.82 Å². The fraction of sp³-hybridized carbons (Fsp3) is 0.412. The summed E-state index contributed by atoms with van der Waals surface area (Å²) in [5.74, 6) is 0.488. The Morgan fingerprint density at radius 3 is 2.92 bits per heavy atom. The van der Waals surface area contributed by atoms with Crippen molar-refractivity contribution in [2.75, 3.05) is 13.2 Å². The second-order valence-corrected chi connectivity index (χ2v) is 5.72. The number of carbonyl (C=O) groups is 1. The normalized spacial score (nSPS) is 13.5. The number of aromatic amines is 1. The van der Waals surface area contributed by atoms with Crippen LogP contribution in [0.1, 0.15) is 31.0 Å². The molecule has 3 rings (SSSR count). The van der Waals surface area contributed by atoms with Gasteiger partial charge in [0.05, 0.1) is 18.8 Å². The van der Waals surface area contributed by atoms with Gasteiger partial charge in [-0.3, -0.25) is 9.78 Å². The lowest BCUT2D eigenvalue weighted by Crippen LogP contribution is -2.39. The first-order chi connectivity index (χ1) is 11.7. The Hall–Kier alpha value is -2.70. The lowest BCUT2D eigenvalue weighted by atomic mass is 10.1. The first-order valence-corrected chi connectivity index (χ1v) is 8.13. The molecule has 1 aliphatic rings. The van der Waals surface area contributed by atoms with Crippen molar-refractivity contribution in [2.24, 2.45) is 0 Å². The summed E-state index contributed by atoms with van der Waals surface area (Å²) >= 11 is 0. The van der Waals surface area contributed by atoms with Crippen LogP contribution in [0.3, 0.4) is 0 Å². The molecule has 0 unspecified atom stereocenters. The number of pyridine rings is 1. The van der Waals surface area contributed by atoms with E-state index in [0.717, 1.165) is 18.4 Å². The Labute approximate surface area is 139 Å². The van der Waals surface area contributed by atoms with E-state index in [9.17, 15) is 9.59 Å². The van der Waals surface area contributed by atoms with Crippen LogP contribution in [0.4, 0.5) is 4.79 Å². The van der Waals surface area contributed by atoms with Gasteiger partial charge in [-0.25, -0.2) is 9.78 Å². The lowest BCUT2D eigenvalue weighted by Gasteiger charge is -2.27. The van der Waals surface area contributed by atoms with Crippen molar-refractivity contribution in [3.8, 4) is 11.4 Å². The molecule has 0 saturated carbocycles. The highest BCUT2D eigenvalue weighted by Crippen LogP contribution is 2.18. The van der Waals surface area contributed by atoms with Gasteiger partial charge in [-0.2, -0.15) is 0 Å². The van der Waals surface area contributed by atoms with Gasteiger partial charge >= 0.3 is 6.09 Å². The molecule has 0 fully saturated rings. The summed E-state index contributed by atoms with van der Waals surface area (Å²) in [5.41, 5.74) is 1.91. The van der Waals surface area contributed by atoms with E-state index in [1.807, 2.05) is 6.92 Å². The van der Waals surface area contributed by atoms with Gasteiger partial charge in [0, 0.05) is 30.1 Å². The molecule has 0 spiro atoms. The maximum Gasteiger partial charge on any atom is 0.410 e. The monoisotopic (exact) mass is 328 g/mol. The number of ether oxygens (including phenoxy) is 1. The van der Waals surface area contributed by atoms with Crippen LogP contribution in [0.2, 0.25) is 0 Å². The zero-order chi connectivity index (χ0) is 16.9. The summed E-state index contributed by atoms with van der Waals surface area (Å²) in [6.07, 6.45) is 5.25. The number of rotatable bonds is 4. The van der Waals surface area contributed by atoms with Crippen molar-refractivity contribution in [3.05, 3.63) is 46.1 Å². The fourth-order valence-electron chi connectivity index (χ4n) is 2.64. The van der Waals surface area contributed by atoms with E-state index in [2.05, 4.69) is 15.0 Å². The minimum atomic E-state index is -0.346. The smallest absolute Gasteiger partial charge is 0.410 e. The molecule has 2 aromatic heterocycles. The zero-order valence-corrected chi connectivity index (χ0v) is 13.6. The first-order valence-electron chi connectivity index (χ1n) is 8.13. The maximum atomic E-state index is 12.3. The average Bonchev–Trinajstić information content (AvgIpc) is 2.62. The topological polar surface area (TPSA) is 88.2 Å². The Morgan fingerprint density at radius 2 is 2.17 bits per heavy atom. The summed E-state index contributed by atoms with van der Waals surface area (Å²) in [5, 5.41) is 0. The van der Waals surface area contributed by atoms with Crippen LogP contribution >= 0.6 is 0 Å². The Bertz CT molecular complexity index is 773. The molecule has 2 aromatic rings. The highest BCUT2D eigenvalue weighted by atomic mass is 16.6. The average molecular weight is 328 g/mol. The molecule has 3 heterocycles. The van der Waals surface area contributed by atoms with E-state index in [1.54, 1.807) is 29.4 Å². The van der Waals surface area contributed by atoms with Crippen LogP contribution < -0.4 is 5.56 Å². The molecular weight excluding hydrogens is 308 g/mol. The van der Waals surface area contributed by atoms with Gasteiger partial charge in [-0.05, 0) is 25.0 Å². The third kappa shape index (κ3) is 3.45. The number of hydrogen-bond acceptors (Lipinski definition) is 5. The zero-order valence-electron chi connectivity index (χ0n) is 13.6. The summed E-state index contributed by atoms with van der Waals surface area (Å²) in [4.78, 5) is 37.3. The Kier molecular flexibility index (Phi) is 4.88. The highest BCUT2D eigenvalue weighted by Gasteiger charge is 2.25. The molecule has 7 nitrogen and oxygen atoms in total. The van der Waals surface area contributed by atoms with Gasteiger partial charge < -0.3 is 14.6 Å². The van der Waals surface area contributed by atoms with Crippen molar-refractivity contribution in [1.29, 1.82) is 0 Å². The Balaban J connectivity index is 1.81. The number of nitrogens with zero attached hydrogens (tertiary/aromatic N) is 3. The molecule has 24 heavy (non-hydrogen) atoms. The Morgan fingerprint density at radius 1 is 1.38 bits per heavy atom. The quantitative estimate of drug-likeness (QED) is 0.869. The van der Waals surface area contributed by atoms with Crippen molar-refractivity contribution in [2.45, 2.75) is 32.7 Å². The number of H-pyrrole nitrogens is 1. The molecule has 1 aliphatic heterocycles. The molecule has 1 amide bonds. The third-order valence-electron chi connectivity index (χ3n) is 4.01. The molecule has 1 N–H and O–H groups in total. The molecular formula is C17H20N4O3. The largest absolute Gasteiger partial charge is 0.449 e. The first kappa shape index (κ1) is 16.2. The summed E-state index contributed by atoms with van der Waals surface area (Å²) in [6, 6.07) is 3.56. The van der Waals surface area contributed by atoms with E-state index in [-0.39, 0.29) is 11.7 Å². The van der Waals surface area contributed by atoms with Gasteiger partial charge in [0.25, 0.3) is 5.56 Å². The maximum absolute atomic E-state index is 12.3. The van der Waals surface area contributed by atoms with E-state index < -0.39 is 0 Å². The molecule has 0 atom stereocenters. The van der Waals surface area contributed by atoms with Crippen molar-refractivity contribution in [1.82, 2.24) is 19.9 Å². The summed E-state index contributed by atoms with van der Waals surface area (Å²) in [6.45, 7) is 3.23. The number of unbranched alkanes of at least 4 members (excludes halogenated alkanes) is 1. The van der Waals surface area contributed by atoms with E-state index >= 15 is 0 Å². The number of amides is 1. The van der Waals surface area contributed by atoms with Gasteiger partial charge in [-0.1, -0.05) is 13.3 Å². The van der Waals surface area contributed by atoms with E-state index in [1.165, 1.54) is 0 Å². The highest BCUT2D eigenvalue weighted by molar-refractivity contribution is 5.68. The third-order valence-corrected chi connectivity index (χ3v) is 4.01. The predicted molar refractivity (Wildman–Crippen MR) is 88.5 cm³/mol. The lowest BCUT2D eigenvalue weighted by molar-refractivity contribution is 0.0959. The molecule has 0 aromatic carbocycles.